The largest absolute Gasteiger partial charge is 0.468 e. The average molecular weight is 211 g/mol. The number of rotatable bonds is 3. The second-order valence-corrected chi connectivity index (χ2v) is 4.13. The predicted molar refractivity (Wildman–Crippen MR) is 56.2 cm³/mol. The molecule has 1 heterocycles. The smallest absolute Gasteiger partial charge is 0.323 e. The summed E-state index contributed by atoms with van der Waals surface area (Å²) in [6.45, 7) is 3.79. The van der Waals surface area contributed by atoms with Crippen LogP contribution in [0.3, 0.4) is 0 Å². The fraction of sp³-hybridized carbons (Fsp3) is 0.600. The van der Waals surface area contributed by atoms with Crippen molar-refractivity contribution in [3.63, 3.8) is 0 Å². The molecular formula is C10H17N3O2. The minimum atomic E-state index is -0.688. The summed E-state index contributed by atoms with van der Waals surface area (Å²) in [6.07, 6.45) is 3.56. The maximum absolute atomic E-state index is 11.4. The van der Waals surface area contributed by atoms with E-state index in [1.165, 1.54) is 7.11 Å². The Kier molecular flexibility index (Phi) is 3.14. The van der Waals surface area contributed by atoms with Gasteiger partial charge in [-0.25, -0.2) is 0 Å². The lowest BCUT2D eigenvalue weighted by Gasteiger charge is -2.28. The number of carbonyl (C=O) groups is 1. The van der Waals surface area contributed by atoms with Crippen LogP contribution in [0.25, 0.3) is 0 Å². The number of ether oxygens (including phenoxy) is 1. The first kappa shape index (κ1) is 11.7. The first-order valence-corrected chi connectivity index (χ1v) is 4.72. The number of methoxy groups -OCH3 is 1. The number of aromatic nitrogens is 2. The molecule has 0 fully saturated rings. The van der Waals surface area contributed by atoms with Crippen LogP contribution in [0.15, 0.2) is 12.4 Å². The van der Waals surface area contributed by atoms with Crippen molar-refractivity contribution in [3.05, 3.63) is 18.0 Å². The number of nitrogens with two attached hydrogens (primary N) is 1. The topological polar surface area (TPSA) is 70.1 Å². The van der Waals surface area contributed by atoms with Crippen LogP contribution in [-0.2, 0) is 22.0 Å². The highest BCUT2D eigenvalue weighted by Gasteiger charge is 2.35. The maximum atomic E-state index is 11.4. The molecule has 15 heavy (non-hydrogen) atoms. The molecule has 0 aromatic carbocycles. The van der Waals surface area contributed by atoms with Crippen molar-refractivity contribution in [2.45, 2.75) is 25.3 Å². The molecule has 0 saturated heterocycles. The van der Waals surface area contributed by atoms with Gasteiger partial charge in [-0.05, 0) is 5.56 Å². The normalized spacial score (nSPS) is 13.7. The summed E-state index contributed by atoms with van der Waals surface area (Å²) in [5, 5.41) is 4.06. The van der Waals surface area contributed by atoms with E-state index in [4.69, 9.17) is 5.73 Å². The van der Waals surface area contributed by atoms with Gasteiger partial charge in [0.2, 0.25) is 0 Å². The van der Waals surface area contributed by atoms with Crippen molar-refractivity contribution in [2.75, 3.05) is 7.11 Å². The predicted octanol–water partition coefficient (Wildman–Crippen LogP) is 0.198. The third kappa shape index (κ3) is 2.18. The van der Waals surface area contributed by atoms with E-state index in [1.54, 1.807) is 10.9 Å². The zero-order chi connectivity index (χ0) is 11.6. The molecule has 0 amide bonds. The highest BCUT2D eigenvalue weighted by Crippen LogP contribution is 2.25. The highest BCUT2D eigenvalue weighted by molar-refractivity contribution is 5.77. The molecule has 5 nitrogen and oxygen atoms in total. The van der Waals surface area contributed by atoms with Gasteiger partial charge in [0.1, 0.15) is 6.04 Å². The van der Waals surface area contributed by atoms with E-state index in [0.717, 1.165) is 5.56 Å². The van der Waals surface area contributed by atoms with E-state index in [9.17, 15) is 4.79 Å². The Morgan fingerprint density at radius 1 is 1.67 bits per heavy atom. The molecule has 0 aliphatic carbocycles. The molecule has 84 valence electrons. The van der Waals surface area contributed by atoms with E-state index >= 15 is 0 Å². The summed E-state index contributed by atoms with van der Waals surface area (Å²) in [5.74, 6) is -0.413. The van der Waals surface area contributed by atoms with Crippen LogP contribution in [0.5, 0.6) is 0 Å². The lowest BCUT2D eigenvalue weighted by atomic mass is 9.80. The van der Waals surface area contributed by atoms with Gasteiger partial charge in [-0.15, -0.1) is 0 Å². The Morgan fingerprint density at radius 3 is 2.67 bits per heavy atom. The summed E-state index contributed by atoms with van der Waals surface area (Å²) >= 11 is 0. The third-order valence-electron chi connectivity index (χ3n) is 2.68. The van der Waals surface area contributed by atoms with Gasteiger partial charge in [0, 0.05) is 18.7 Å². The Morgan fingerprint density at radius 2 is 2.27 bits per heavy atom. The van der Waals surface area contributed by atoms with Gasteiger partial charge in [-0.1, -0.05) is 13.8 Å². The summed E-state index contributed by atoms with van der Waals surface area (Å²) in [4.78, 5) is 11.4. The van der Waals surface area contributed by atoms with Crippen molar-refractivity contribution < 1.29 is 9.53 Å². The molecular weight excluding hydrogens is 194 g/mol. The van der Waals surface area contributed by atoms with Gasteiger partial charge >= 0.3 is 5.97 Å². The van der Waals surface area contributed by atoms with Crippen molar-refractivity contribution in [1.29, 1.82) is 0 Å². The molecule has 1 aromatic heterocycles. The summed E-state index contributed by atoms with van der Waals surface area (Å²) in [6, 6.07) is -0.688. The Hall–Kier alpha value is -1.36. The average Bonchev–Trinajstić information content (AvgIpc) is 2.63. The second-order valence-electron chi connectivity index (χ2n) is 4.13. The van der Waals surface area contributed by atoms with Gasteiger partial charge in [-0.2, -0.15) is 5.10 Å². The molecule has 1 unspecified atom stereocenters. The molecule has 0 bridgehead atoms. The van der Waals surface area contributed by atoms with Crippen LogP contribution in [0, 0.1) is 0 Å². The minimum absolute atomic E-state index is 0.413. The lowest BCUT2D eigenvalue weighted by molar-refractivity contribution is -0.143. The molecule has 1 rings (SSSR count). The maximum Gasteiger partial charge on any atom is 0.323 e. The van der Waals surface area contributed by atoms with Crippen molar-refractivity contribution >= 4 is 5.97 Å². The minimum Gasteiger partial charge on any atom is -0.468 e. The van der Waals surface area contributed by atoms with Gasteiger partial charge in [0.15, 0.2) is 0 Å². The molecule has 1 atom stereocenters. The fourth-order valence-electron chi connectivity index (χ4n) is 1.36. The summed E-state index contributed by atoms with van der Waals surface area (Å²) in [7, 11) is 3.16. The molecule has 0 aliphatic heterocycles. The van der Waals surface area contributed by atoms with E-state index in [2.05, 4.69) is 9.84 Å². The lowest BCUT2D eigenvalue weighted by Crippen LogP contribution is -2.47. The zero-order valence-corrected chi connectivity index (χ0v) is 9.52. The first-order chi connectivity index (χ1) is 6.89. The van der Waals surface area contributed by atoms with Crippen LogP contribution in [0.1, 0.15) is 19.4 Å². The van der Waals surface area contributed by atoms with Gasteiger partial charge in [0.05, 0.1) is 13.3 Å². The monoisotopic (exact) mass is 211 g/mol. The van der Waals surface area contributed by atoms with E-state index < -0.39 is 17.4 Å². The van der Waals surface area contributed by atoms with Gasteiger partial charge in [0.25, 0.3) is 0 Å². The Balaban J connectivity index is 2.96. The number of esters is 1. The number of hydrogen-bond acceptors (Lipinski definition) is 4. The number of nitrogens with zero attached hydrogens (tertiary/aromatic N) is 2. The Bertz CT molecular complexity index is 357. The molecule has 1 aromatic rings. The molecule has 5 heteroatoms. The van der Waals surface area contributed by atoms with Crippen molar-refractivity contribution in [1.82, 2.24) is 9.78 Å². The van der Waals surface area contributed by atoms with Crippen LogP contribution in [-0.4, -0.2) is 28.9 Å². The number of hydrogen-bond donors (Lipinski definition) is 1. The number of carbonyl (C=O) groups excluding carboxylic acids is 1. The van der Waals surface area contributed by atoms with E-state index in [-0.39, 0.29) is 0 Å². The van der Waals surface area contributed by atoms with Crippen LogP contribution < -0.4 is 5.73 Å². The summed E-state index contributed by atoms with van der Waals surface area (Å²) < 4.78 is 6.32. The van der Waals surface area contributed by atoms with Crippen LogP contribution in [0.2, 0.25) is 0 Å². The SMILES string of the molecule is COC(=O)C(N)C(C)(C)c1cnn(C)c1. The molecule has 0 aliphatic rings. The van der Waals surface area contributed by atoms with Gasteiger partial charge in [-0.3, -0.25) is 9.48 Å². The quantitative estimate of drug-likeness (QED) is 0.725. The zero-order valence-electron chi connectivity index (χ0n) is 9.52. The van der Waals surface area contributed by atoms with Crippen LogP contribution in [0.4, 0.5) is 0 Å². The molecule has 0 saturated carbocycles. The summed E-state index contributed by atoms with van der Waals surface area (Å²) in [5.41, 5.74) is 6.27. The highest BCUT2D eigenvalue weighted by atomic mass is 16.5. The third-order valence-corrected chi connectivity index (χ3v) is 2.68. The molecule has 2 N–H and O–H groups in total. The number of aryl methyl sites for hydroxylation is 1. The molecule has 0 radical (unpaired) electrons. The van der Waals surface area contributed by atoms with Crippen molar-refractivity contribution in [3.8, 4) is 0 Å². The second kappa shape index (κ2) is 4.02. The standard InChI is InChI=1S/C10H17N3O2/c1-10(2,8(11)9(14)15-4)7-5-12-13(3)6-7/h5-6,8H,11H2,1-4H3. The fourth-order valence-corrected chi connectivity index (χ4v) is 1.36. The Labute approximate surface area is 89.2 Å². The van der Waals surface area contributed by atoms with E-state index in [1.807, 2.05) is 27.1 Å². The first-order valence-electron chi connectivity index (χ1n) is 4.72. The van der Waals surface area contributed by atoms with E-state index in [0.29, 0.717) is 0 Å². The van der Waals surface area contributed by atoms with Gasteiger partial charge < -0.3 is 10.5 Å². The van der Waals surface area contributed by atoms with Crippen molar-refractivity contribution in [2.24, 2.45) is 12.8 Å². The molecule has 0 spiro atoms. The van der Waals surface area contributed by atoms with Crippen LogP contribution >= 0.6 is 0 Å².